The average Bonchev–Trinajstić information content (AvgIpc) is 3.20. The van der Waals surface area contributed by atoms with E-state index in [4.69, 9.17) is 4.74 Å². The number of benzene rings is 1. The first kappa shape index (κ1) is 16.4. The fraction of sp³-hybridized carbons (Fsp3) is 0.467. The third kappa shape index (κ3) is 5.71. The lowest BCUT2D eigenvalue weighted by molar-refractivity contribution is -0.150. The van der Waals surface area contributed by atoms with Gasteiger partial charge in [0.25, 0.3) is 5.91 Å². The maximum atomic E-state index is 11.5. The summed E-state index contributed by atoms with van der Waals surface area (Å²) in [4.78, 5) is 24.1. The minimum absolute atomic E-state index is 0.00533. The fourth-order valence-corrected chi connectivity index (χ4v) is 2.87. The lowest BCUT2D eigenvalue weighted by atomic mass is 10.3. The second-order valence-corrected chi connectivity index (χ2v) is 7.16. The van der Waals surface area contributed by atoms with Gasteiger partial charge in [-0.25, -0.2) is 0 Å². The van der Waals surface area contributed by atoms with Gasteiger partial charge in [-0.05, 0) is 36.6 Å². The summed E-state index contributed by atoms with van der Waals surface area (Å²) >= 11 is 5.05. The van der Waals surface area contributed by atoms with Crippen molar-refractivity contribution in [2.75, 3.05) is 18.9 Å². The van der Waals surface area contributed by atoms with Crippen molar-refractivity contribution in [3.63, 3.8) is 0 Å². The molecule has 1 aromatic rings. The number of hydrogen-bond acceptors (Lipinski definition) is 4. The van der Waals surface area contributed by atoms with Gasteiger partial charge in [0, 0.05) is 21.7 Å². The number of ether oxygens (including phenoxy) is 1. The van der Waals surface area contributed by atoms with Crippen LogP contribution in [-0.4, -0.2) is 30.8 Å². The molecule has 0 saturated heterocycles. The van der Waals surface area contributed by atoms with Gasteiger partial charge in [-0.15, -0.1) is 11.8 Å². The van der Waals surface area contributed by atoms with Crippen LogP contribution in [0.1, 0.15) is 13.3 Å². The molecular formula is C15H18BrNO3S. The van der Waals surface area contributed by atoms with Crippen LogP contribution in [0.25, 0.3) is 0 Å². The van der Waals surface area contributed by atoms with Gasteiger partial charge in [0.05, 0.1) is 5.92 Å². The molecule has 1 aromatic carbocycles. The summed E-state index contributed by atoms with van der Waals surface area (Å²) < 4.78 is 6.01. The van der Waals surface area contributed by atoms with E-state index in [0.717, 1.165) is 21.5 Å². The molecule has 0 radical (unpaired) electrons. The molecule has 0 aromatic heterocycles. The number of carbonyl (C=O) groups is 2. The molecule has 1 N–H and O–H groups in total. The summed E-state index contributed by atoms with van der Waals surface area (Å²) in [6, 6.07) is 8.02. The molecular weight excluding hydrogens is 354 g/mol. The maximum Gasteiger partial charge on any atom is 0.309 e. The second kappa shape index (κ2) is 7.84. The minimum Gasteiger partial charge on any atom is -0.455 e. The van der Waals surface area contributed by atoms with Crippen molar-refractivity contribution in [2.45, 2.75) is 18.2 Å². The minimum atomic E-state index is -0.248. The largest absolute Gasteiger partial charge is 0.455 e. The van der Waals surface area contributed by atoms with Crippen molar-refractivity contribution < 1.29 is 14.3 Å². The van der Waals surface area contributed by atoms with Crippen molar-refractivity contribution >= 4 is 39.6 Å². The number of rotatable bonds is 7. The molecule has 2 rings (SSSR count). The first-order valence-electron chi connectivity index (χ1n) is 6.88. The highest BCUT2D eigenvalue weighted by molar-refractivity contribution is 9.10. The van der Waals surface area contributed by atoms with Crippen LogP contribution < -0.4 is 5.32 Å². The Bertz CT molecular complexity index is 506. The first-order chi connectivity index (χ1) is 10.1. The number of thioether (sulfide) groups is 1. The van der Waals surface area contributed by atoms with Gasteiger partial charge in [-0.2, -0.15) is 0 Å². The number of hydrogen-bond donors (Lipinski definition) is 1. The molecule has 4 nitrogen and oxygen atoms in total. The van der Waals surface area contributed by atoms with E-state index in [-0.39, 0.29) is 24.4 Å². The van der Waals surface area contributed by atoms with E-state index in [9.17, 15) is 9.59 Å². The quantitative estimate of drug-likeness (QED) is 0.454. The number of halogens is 1. The van der Waals surface area contributed by atoms with Crippen molar-refractivity contribution in [2.24, 2.45) is 11.8 Å². The van der Waals surface area contributed by atoms with Gasteiger partial charge in [0.1, 0.15) is 0 Å². The maximum absolute atomic E-state index is 11.5. The Morgan fingerprint density at radius 2 is 2.05 bits per heavy atom. The SMILES string of the molecule is C[C@H]1C[C@@H]1C(=O)OCC(=O)NCCSc1ccc(Br)cc1. The van der Waals surface area contributed by atoms with Gasteiger partial charge < -0.3 is 10.1 Å². The van der Waals surface area contributed by atoms with Crippen molar-refractivity contribution in [1.29, 1.82) is 0 Å². The third-order valence-corrected chi connectivity index (χ3v) is 4.81. The van der Waals surface area contributed by atoms with Crippen LogP contribution >= 0.6 is 27.7 Å². The van der Waals surface area contributed by atoms with E-state index in [1.807, 2.05) is 31.2 Å². The number of nitrogens with one attached hydrogen (secondary N) is 1. The van der Waals surface area contributed by atoms with E-state index in [0.29, 0.717) is 12.5 Å². The van der Waals surface area contributed by atoms with Crippen LogP contribution in [0.3, 0.4) is 0 Å². The summed E-state index contributed by atoms with van der Waals surface area (Å²) in [5.41, 5.74) is 0. The van der Waals surface area contributed by atoms with Crippen LogP contribution in [-0.2, 0) is 14.3 Å². The number of esters is 1. The molecule has 6 heteroatoms. The van der Waals surface area contributed by atoms with Gasteiger partial charge in [0.15, 0.2) is 6.61 Å². The molecule has 0 unspecified atom stereocenters. The molecule has 1 saturated carbocycles. The van der Waals surface area contributed by atoms with Crippen LogP contribution in [0, 0.1) is 11.8 Å². The lowest BCUT2D eigenvalue weighted by Crippen LogP contribution is -2.30. The summed E-state index contributed by atoms with van der Waals surface area (Å²) in [7, 11) is 0. The van der Waals surface area contributed by atoms with E-state index >= 15 is 0 Å². The van der Waals surface area contributed by atoms with Crippen LogP contribution in [0.4, 0.5) is 0 Å². The molecule has 0 bridgehead atoms. The Morgan fingerprint density at radius 1 is 1.38 bits per heavy atom. The van der Waals surface area contributed by atoms with E-state index in [1.54, 1.807) is 11.8 Å². The molecule has 21 heavy (non-hydrogen) atoms. The molecule has 2 atom stereocenters. The van der Waals surface area contributed by atoms with Gasteiger partial charge >= 0.3 is 5.97 Å². The molecule has 114 valence electrons. The Hall–Kier alpha value is -1.01. The fourth-order valence-electron chi connectivity index (χ4n) is 1.84. The zero-order valence-corrected chi connectivity index (χ0v) is 14.2. The highest BCUT2D eigenvalue weighted by atomic mass is 79.9. The summed E-state index contributed by atoms with van der Waals surface area (Å²) in [6.07, 6.45) is 0.879. The number of carbonyl (C=O) groups excluding carboxylic acids is 2. The molecule has 0 heterocycles. The summed E-state index contributed by atoms with van der Waals surface area (Å²) in [5, 5.41) is 2.74. The molecule has 1 aliphatic rings. The van der Waals surface area contributed by atoms with Crippen molar-refractivity contribution in [3.8, 4) is 0 Å². The van der Waals surface area contributed by atoms with E-state index in [1.165, 1.54) is 0 Å². The lowest BCUT2D eigenvalue weighted by Gasteiger charge is -2.06. The van der Waals surface area contributed by atoms with Gasteiger partial charge in [0.2, 0.25) is 0 Å². The third-order valence-electron chi connectivity index (χ3n) is 3.26. The predicted octanol–water partition coefficient (Wildman–Crippen LogP) is 2.86. The van der Waals surface area contributed by atoms with Crippen LogP contribution in [0.15, 0.2) is 33.6 Å². The highest BCUT2D eigenvalue weighted by Crippen LogP contribution is 2.38. The highest BCUT2D eigenvalue weighted by Gasteiger charge is 2.40. The van der Waals surface area contributed by atoms with Crippen molar-refractivity contribution in [3.05, 3.63) is 28.7 Å². The Balaban J connectivity index is 1.54. The second-order valence-electron chi connectivity index (χ2n) is 5.08. The predicted molar refractivity (Wildman–Crippen MR) is 86.1 cm³/mol. The molecule has 1 fully saturated rings. The van der Waals surface area contributed by atoms with Crippen LogP contribution in [0.5, 0.6) is 0 Å². The topological polar surface area (TPSA) is 55.4 Å². The molecule has 1 amide bonds. The molecule has 1 aliphatic carbocycles. The smallest absolute Gasteiger partial charge is 0.309 e. The number of amides is 1. The normalized spacial score (nSPS) is 19.9. The average molecular weight is 372 g/mol. The standard InChI is InChI=1S/C15H18BrNO3S/c1-10-8-13(10)15(19)20-9-14(18)17-6-7-21-12-4-2-11(16)3-5-12/h2-5,10,13H,6-9H2,1H3,(H,17,18)/t10-,13-/m0/s1. The van der Waals surface area contributed by atoms with Gasteiger partial charge in [-0.1, -0.05) is 22.9 Å². The first-order valence-corrected chi connectivity index (χ1v) is 8.66. The summed E-state index contributed by atoms with van der Waals surface area (Å²) in [6.45, 7) is 2.38. The Morgan fingerprint density at radius 3 is 2.67 bits per heavy atom. The molecule has 0 aliphatic heterocycles. The van der Waals surface area contributed by atoms with Gasteiger partial charge in [-0.3, -0.25) is 9.59 Å². The van der Waals surface area contributed by atoms with Crippen LogP contribution in [0.2, 0.25) is 0 Å². The summed E-state index contributed by atoms with van der Waals surface area (Å²) in [5.74, 6) is 0.699. The van der Waals surface area contributed by atoms with E-state index < -0.39 is 0 Å². The zero-order chi connectivity index (χ0) is 15.2. The van der Waals surface area contributed by atoms with Crippen molar-refractivity contribution in [1.82, 2.24) is 5.32 Å². The zero-order valence-electron chi connectivity index (χ0n) is 11.8. The van der Waals surface area contributed by atoms with E-state index in [2.05, 4.69) is 21.2 Å². The monoisotopic (exact) mass is 371 g/mol. The molecule has 0 spiro atoms. The Kier molecular flexibility index (Phi) is 6.11. The Labute approximate surface area is 137 Å².